The first kappa shape index (κ1) is 18.2. The van der Waals surface area contributed by atoms with Crippen LogP contribution in [0.5, 0.6) is 5.75 Å². The van der Waals surface area contributed by atoms with Crippen molar-refractivity contribution in [1.29, 1.82) is 0 Å². The summed E-state index contributed by atoms with van der Waals surface area (Å²) in [7, 11) is 1.17. The number of benzene rings is 2. The number of aromatic amines is 1. The van der Waals surface area contributed by atoms with Crippen molar-refractivity contribution in [2.24, 2.45) is 0 Å². The second kappa shape index (κ2) is 7.08. The Morgan fingerprint density at radius 1 is 1.03 bits per heavy atom. The first-order valence-corrected chi connectivity index (χ1v) is 8.63. The molecule has 8 heteroatoms. The fourth-order valence-electron chi connectivity index (χ4n) is 3.03. The molecule has 2 N–H and O–H groups in total. The lowest BCUT2D eigenvalue weighted by molar-refractivity contribution is 0.0591. The van der Waals surface area contributed by atoms with Gasteiger partial charge in [0, 0.05) is 0 Å². The van der Waals surface area contributed by atoms with Gasteiger partial charge in [0.05, 0.1) is 29.3 Å². The molecule has 0 bridgehead atoms. The number of rotatable bonds is 4. The number of methoxy groups -OCH3 is 1. The van der Waals surface area contributed by atoms with Crippen molar-refractivity contribution in [3.05, 3.63) is 87.8 Å². The normalized spacial score (nSPS) is 10.8. The van der Waals surface area contributed by atoms with Crippen molar-refractivity contribution in [1.82, 2.24) is 14.8 Å². The van der Waals surface area contributed by atoms with Crippen LogP contribution in [0.4, 0.5) is 0 Å². The van der Waals surface area contributed by atoms with Crippen LogP contribution in [0, 0.1) is 0 Å². The molecule has 2 heterocycles. The number of hydrogen-bond donors (Lipinski definition) is 2. The molecular formula is C21H15N3O5. The maximum absolute atomic E-state index is 13.0. The van der Waals surface area contributed by atoms with E-state index in [0.29, 0.717) is 5.69 Å². The predicted molar refractivity (Wildman–Crippen MR) is 105 cm³/mol. The van der Waals surface area contributed by atoms with Crippen molar-refractivity contribution >= 4 is 22.8 Å². The van der Waals surface area contributed by atoms with Gasteiger partial charge < -0.3 is 9.84 Å². The number of aromatic hydroxyl groups is 1. The van der Waals surface area contributed by atoms with E-state index in [9.17, 15) is 19.5 Å². The third-order valence-corrected chi connectivity index (χ3v) is 4.46. The number of hydrogen-bond acceptors (Lipinski definition) is 6. The third kappa shape index (κ3) is 3.06. The van der Waals surface area contributed by atoms with Gasteiger partial charge in [-0.3, -0.25) is 14.7 Å². The molecule has 0 atom stereocenters. The molecule has 2 aromatic carbocycles. The number of esters is 1. The summed E-state index contributed by atoms with van der Waals surface area (Å²) in [6.07, 6.45) is 0. The maximum atomic E-state index is 13.0. The van der Waals surface area contributed by atoms with Crippen molar-refractivity contribution in [3.63, 3.8) is 0 Å². The summed E-state index contributed by atoms with van der Waals surface area (Å²) in [6.45, 7) is 0. The number of pyridine rings is 1. The molecule has 2 aromatic heterocycles. The van der Waals surface area contributed by atoms with Crippen LogP contribution >= 0.6 is 0 Å². The Kier molecular flexibility index (Phi) is 4.44. The first-order chi connectivity index (χ1) is 14.0. The van der Waals surface area contributed by atoms with Gasteiger partial charge in [0.1, 0.15) is 5.75 Å². The summed E-state index contributed by atoms with van der Waals surface area (Å²) in [5.41, 5.74) is -0.132. The zero-order chi connectivity index (χ0) is 20.5. The lowest BCUT2D eigenvalue weighted by atomic mass is 10.00. The highest BCUT2D eigenvalue weighted by Gasteiger charge is 2.25. The molecule has 0 aliphatic rings. The fraction of sp³-hybridized carbons (Fsp3) is 0.0476. The van der Waals surface area contributed by atoms with Gasteiger partial charge in [-0.2, -0.15) is 0 Å². The molecule has 0 fully saturated rings. The Morgan fingerprint density at radius 3 is 2.41 bits per heavy atom. The van der Waals surface area contributed by atoms with Crippen LogP contribution in [-0.2, 0) is 4.74 Å². The maximum Gasteiger partial charge on any atom is 0.357 e. The summed E-state index contributed by atoms with van der Waals surface area (Å²) >= 11 is 0. The summed E-state index contributed by atoms with van der Waals surface area (Å²) in [6, 6.07) is 16.0. The molecule has 0 amide bonds. The summed E-state index contributed by atoms with van der Waals surface area (Å²) in [5.74, 6) is -1.73. The Hall–Kier alpha value is -4.20. The first-order valence-electron chi connectivity index (χ1n) is 8.63. The SMILES string of the molecule is COC(=O)c1nc2[nH]n(-c3ccccc3)c(=O)c2cc1C(=O)c1ccccc1O. The molecule has 8 nitrogen and oxygen atoms in total. The Morgan fingerprint density at radius 2 is 1.72 bits per heavy atom. The number of phenolic OH excluding ortho intramolecular Hbond substituents is 1. The number of carbonyl (C=O) groups is 2. The minimum Gasteiger partial charge on any atom is -0.507 e. The number of ether oxygens (including phenoxy) is 1. The van der Waals surface area contributed by atoms with E-state index in [1.54, 1.807) is 36.4 Å². The van der Waals surface area contributed by atoms with Crippen molar-refractivity contribution in [3.8, 4) is 11.4 Å². The van der Waals surface area contributed by atoms with Crippen molar-refractivity contribution in [2.75, 3.05) is 7.11 Å². The van der Waals surface area contributed by atoms with E-state index < -0.39 is 17.3 Å². The van der Waals surface area contributed by atoms with Crippen LogP contribution < -0.4 is 5.56 Å². The number of carbonyl (C=O) groups excluding carboxylic acids is 2. The number of nitrogens with one attached hydrogen (secondary N) is 1. The molecule has 0 saturated carbocycles. The van der Waals surface area contributed by atoms with Gasteiger partial charge in [-0.25, -0.2) is 14.5 Å². The predicted octanol–water partition coefficient (Wildman–Crippen LogP) is 2.44. The van der Waals surface area contributed by atoms with E-state index in [2.05, 4.69) is 10.1 Å². The average Bonchev–Trinajstić information content (AvgIpc) is 3.08. The number of phenols is 1. The minimum absolute atomic E-state index is 0.0160. The minimum atomic E-state index is -0.834. The molecule has 29 heavy (non-hydrogen) atoms. The monoisotopic (exact) mass is 389 g/mol. The lowest BCUT2D eigenvalue weighted by Gasteiger charge is -2.07. The number of para-hydroxylation sites is 2. The second-order valence-corrected chi connectivity index (χ2v) is 6.21. The summed E-state index contributed by atoms with van der Waals surface area (Å²) < 4.78 is 6.02. The van der Waals surface area contributed by atoms with Gasteiger partial charge in [0.2, 0.25) is 0 Å². The van der Waals surface area contributed by atoms with Gasteiger partial charge in [0.15, 0.2) is 17.1 Å². The number of aromatic nitrogens is 3. The lowest BCUT2D eigenvalue weighted by Crippen LogP contribution is -2.16. The topological polar surface area (TPSA) is 114 Å². The van der Waals surface area contributed by atoms with E-state index in [-0.39, 0.29) is 33.6 Å². The van der Waals surface area contributed by atoms with Gasteiger partial charge in [-0.15, -0.1) is 0 Å². The molecule has 0 aliphatic heterocycles. The van der Waals surface area contributed by atoms with E-state index >= 15 is 0 Å². The number of nitrogens with zero attached hydrogens (tertiary/aromatic N) is 2. The molecule has 144 valence electrons. The standard InChI is InChI=1S/C21H15N3O5/c1-29-21(28)17-14(18(26)13-9-5-6-10-16(13)25)11-15-19(22-17)23-24(20(15)27)12-7-3-2-4-8-12/h2-11,25H,1H3,(H,22,23). The quantitative estimate of drug-likeness (QED) is 0.409. The highest BCUT2D eigenvalue weighted by molar-refractivity contribution is 6.16. The van der Waals surface area contributed by atoms with E-state index in [1.807, 2.05) is 6.07 Å². The van der Waals surface area contributed by atoms with Crippen LogP contribution in [-0.4, -0.2) is 38.7 Å². The van der Waals surface area contributed by atoms with Crippen molar-refractivity contribution in [2.45, 2.75) is 0 Å². The number of fused-ring (bicyclic) bond motifs is 1. The molecule has 4 rings (SSSR count). The summed E-state index contributed by atoms with van der Waals surface area (Å²) in [5, 5.41) is 13.0. The van der Waals surface area contributed by atoms with E-state index in [0.717, 1.165) is 0 Å². The Balaban J connectivity index is 1.97. The van der Waals surface area contributed by atoms with E-state index in [4.69, 9.17) is 4.74 Å². The number of ketones is 1. The van der Waals surface area contributed by atoms with Gasteiger partial charge in [-0.1, -0.05) is 30.3 Å². The van der Waals surface area contributed by atoms with E-state index in [1.165, 1.54) is 30.0 Å². The number of H-pyrrole nitrogens is 1. The van der Waals surface area contributed by atoms with Crippen LogP contribution in [0.3, 0.4) is 0 Å². The molecule has 0 aliphatic carbocycles. The van der Waals surface area contributed by atoms with Gasteiger partial charge in [0.25, 0.3) is 5.56 Å². The molecule has 0 radical (unpaired) electrons. The smallest absolute Gasteiger partial charge is 0.357 e. The van der Waals surface area contributed by atoms with Crippen LogP contribution in [0.25, 0.3) is 16.7 Å². The average molecular weight is 389 g/mol. The highest BCUT2D eigenvalue weighted by Crippen LogP contribution is 2.23. The highest BCUT2D eigenvalue weighted by atomic mass is 16.5. The van der Waals surface area contributed by atoms with Gasteiger partial charge >= 0.3 is 5.97 Å². The van der Waals surface area contributed by atoms with Gasteiger partial charge in [-0.05, 0) is 30.3 Å². The third-order valence-electron chi connectivity index (χ3n) is 4.46. The zero-order valence-electron chi connectivity index (χ0n) is 15.2. The van der Waals surface area contributed by atoms with Crippen LogP contribution in [0.1, 0.15) is 26.4 Å². The summed E-state index contributed by atoms with van der Waals surface area (Å²) in [4.78, 5) is 42.3. The molecule has 0 saturated heterocycles. The Labute approximate surface area is 164 Å². The zero-order valence-corrected chi connectivity index (χ0v) is 15.2. The molecule has 0 spiro atoms. The molecular weight excluding hydrogens is 374 g/mol. The fourth-order valence-corrected chi connectivity index (χ4v) is 3.03. The second-order valence-electron chi connectivity index (χ2n) is 6.21. The largest absolute Gasteiger partial charge is 0.507 e. The van der Waals surface area contributed by atoms with Crippen LogP contribution in [0.2, 0.25) is 0 Å². The van der Waals surface area contributed by atoms with Crippen molar-refractivity contribution < 1.29 is 19.4 Å². The Bertz CT molecular complexity index is 1310. The molecule has 4 aromatic rings. The van der Waals surface area contributed by atoms with Crippen LogP contribution in [0.15, 0.2) is 65.5 Å². The molecule has 0 unspecified atom stereocenters.